The van der Waals surface area contributed by atoms with Gasteiger partial charge in [-0.1, -0.05) is 12.1 Å². The van der Waals surface area contributed by atoms with Crippen molar-refractivity contribution in [2.45, 2.75) is 57.7 Å². The van der Waals surface area contributed by atoms with Gasteiger partial charge in [-0.15, -0.1) is 0 Å². The molecule has 0 heterocycles. The molecule has 0 aliphatic heterocycles. The van der Waals surface area contributed by atoms with Gasteiger partial charge in [0.2, 0.25) is 11.8 Å². The molecule has 0 aromatic heterocycles. The molecule has 4 bridgehead atoms. The molecule has 4 saturated carbocycles. The van der Waals surface area contributed by atoms with Crippen LogP contribution in [-0.4, -0.2) is 18.4 Å². The minimum atomic E-state index is -4.43. The summed E-state index contributed by atoms with van der Waals surface area (Å²) in [5.74, 6) is 1.50. The van der Waals surface area contributed by atoms with Gasteiger partial charge < -0.3 is 10.6 Å². The lowest BCUT2D eigenvalue weighted by Gasteiger charge is -2.55. The average Bonchev–Trinajstić information content (AvgIpc) is 2.64. The molecule has 1 aromatic carbocycles. The fraction of sp³-hybridized carbons (Fsp3) is 0.636. The minimum absolute atomic E-state index is 0.0292. The molecule has 1 aromatic rings. The Morgan fingerprint density at radius 1 is 1.10 bits per heavy atom. The smallest absolute Gasteiger partial charge is 0.348 e. The molecule has 4 nitrogen and oxygen atoms in total. The number of halogens is 3. The highest BCUT2D eigenvalue weighted by molar-refractivity contribution is 5.88. The highest BCUT2D eigenvalue weighted by Gasteiger charge is 2.54. The number of carbonyl (C=O) groups excluding carboxylic acids is 2. The molecule has 29 heavy (non-hydrogen) atoms. The maximum absolute atomic E-state index is 12.9. The van der Waals surface area contributed by atoms with E-state index in [0.717, 1.165) is 31.4 Å². The molecular weight excluding hydrogens is 381 g/mol. The van der Waals surface area contributed by atoms with Crippen LogP contribution in [0.2, 0.25) is 0 Å². The average molecular weight is 408 g/mol. The first-order valence-corrected chi connectivity index (χ1v) is 10.4. The molecule has 4 aliphatic rings. The molecule has 4 fully saturated rings. The number of benzene rings is 1. The Hall–Kier alpha value is -2.05. The minimum Gasteiger partial charge on any atom is -0.348 e. The first-order valence-electron chi connectivity index (χ1n) is 10.4. The summed E-state index contributed by atoms with van der Waals surface area (Å²) in [6.07, 6.45) is 2.06. The van der Waals surface area contributed by atoms with Gasteiger partial charge in [0.05, 0.1) is 18.2 Å². The van der Waals surface area contributed by atoms with Crippen molar-refractivity contribution in [1.82, 2.24) is 10.6 Å². The van der Waals surface area contributed by atoms with Gasteiger partial charge in [0.15, 0.2) is 0 Å². The van der Waals surface area contributed by atoms with Crippen LogP contribution in [0.1, 0.15) is 62.6 Å². The summed E-state index contributed by atoms with van der Waals surface area (Å²) in [6, 6.07) is 4.34. The van der Waals surface area contributed by atoms with Gasteiger partial charge >= 0.3 is 6.18 Å². The summed E-state index contributed by atoms with van der Waals surface area (Å²) in [5.41, 5.74) is -0.686. The number of hydrogen-bond donors (Lipinski definition) is 2. The zero-order chi connectivity index (χ0) is 20.8. The Balaban J connectivity index is 1.32. The molecule has 1 atom stereocenters. The van der Waals surface area contributed by atoms with Gasteiger partial charge in [0.25, 0.3) is 0 Å². The number of alkyl halides is 3. The number of rotatable bonds is 5. The lowest BCUT2D eigenvalue weighted by molar-refractivity contribution is -0.147. The van der Waals surface area contributed by atoms with E-state index in [-0.39, 0.29) is 17.9 Å². The predicted molar refractivity (Wildman–Crippen MR) is 102 cm³/mol. The second-order valence-corrected chi connectivity index (χ2v) is 9.29. The Labute approximate surface area is 168 Å². The molecule has 7 heteroatoms. The Kier molecular flexibility index (Phi) is 5.11. The van der Waals surface area contributed by atoms with Crippen LogP contribution in [0.4, 0.5) is 13.2 Å². The van der Waals surface area contributed by atoms with E-state index in [2.05, 4.69) is 10.6 Å². The molecule has 0 spiro atoms. The van der Waals surface area contributed by atoms with E-state index in [9.17, 15) is 22.8 Å². The van der Waals surface area contributed by atoms with Crippen molar-refractivity contribution in [2.75, 3.05) is 6.54 Å². The zero-order valence-electron chi connectivity index (χ0n) is 16.5. The van der Waals surface area contributed by atoms with Crippen LogP contribution in [0.25, 0.3) is 0 Å². The molecule has 2 N–H and O–H groups in total. The van der Waals surface area contributed by atoms with Crippen molar-refractivity contribution in [3.8, 4) is 0 Å². The van der Waals surface area contributed by atoms with Gasteiger partial charge in [0, 0.05) is 5.41 Å². The maximum atomic E-state index is 12.9. The quantitative estimate of drug-likeness (QED) is 0.767. The molecule has 0 radical (unpaired) electrons. The van der Waals surface area contributed by atoms with Crippen molar-refractivity contribution in [3.05, 3.63) is 35.4 Å². The van der Waals surface area contributed by atoms with Crippen LogP contribution in [0, 0.1) is 23.2 Å². The number of carbonyl (C=O) groups is 2. The SMILES string of the molecule is CC(NC(=O)CNC(=O)C12CC3CC(CC(C3)C1)C2)c1cccc(C(F)(F)F)c1. The second-order valence-electron chi connectivity index (χ2n) is 9.29. The van der Waals surface area contributed by atoms with Gasteiger partial charge in [-0.3, -0.25) is 9.59 Å². The topological polar surface area (TPSA) is 58.2 Å². The summed E-state index contributed by atoms with van der Waals surface area (Å²) in [5, 5.41) is 5.48. The van der Waals surface area contributed by atoms with E-state index in [1.54, 1.807) is 13.0 Å². The van der Waals surface area contributed by atoms with Crippen LogP contribution < -0.4 is 10.6 Å². The second kappa shape index (κ2) is 7.33. The standard InChI is InChI=1S/C22H27F3N2O2/c1-13(17-3-2-4-18(8-17)22(23,24)25)27-19(28)12-26-20(29)21-9-14-5-15(10-21)7-16(6-14)11-21/h2-4,8,13-16H,5-7,9-12H2,1H3,(H,26,29)(H,27,28). The summed E-state index contributed by atoms with van der Waals surface area (Å²) in [7, 11) is 0. The molecule has 158 valence electrons. The summed E-state index contributed by atoms with van der Waals surface area (Å²) >= 11 is 0. The number of amides is 2. The Morgan fingerprint density at radius 2 is 1.69 bits per heavy atom. The molecule has 2 amide bonds. The maximum Gasteiger partial charge on any atom is 0.416 e. The Morgan fingerprint density at radius 3 is 2.24 bits per heavy atom. The lowest BCUT2D eigenvalue weighted by atomic mass is 9.49. The monoisotopic (exact) mass is 408 g/mol. The van der Waals surface area contributed by atoms with E-state index < -0.39 is 23.7 Å². The summed E-state index contributed by atoms with van der Waals surface area (Å²) < 4.78 is 38.6. The van der Waals surface area contributed by atoms with Crippen LogP contribution in [0.3, 0.4) is 0 Å². The van der Waals surface area contributed by atoms with E-state index in [4.69, 9.17) is 0 Å². The van der Waals surface area contributed by atoms with Crippen molar-refractivity contribution < 1.29 is 22.8 Å². The third-order valence-electron chi connectivity index (χ3n) is 7.02. The molecular formula is C22H27F3N2O2. The van der Waals surface area contributed by atoms with E-state index in [1.807, 2.05) is 0 Å². The normalized spacial score (nSPS) is 31.4. The summed E-state index contributed by atoms with van der Waals surface area (Å²) in [4.78, 5) is 25.2. The first kappa shape index (κ1) is 20.2. The fourth-order valence-electron chi connectivity index (χ4n) is 6.10. The van der Waals surface area contributed by atoms with Crippen molar-refractivity contribution in [1.29, 1.82) is 0 Å². The largest absolute Gasteiger partial charge is 0.416 e. The van der Waals surface area contributed by atoms with Crippen molar-refractivity contribution >= 4 is 11.8 Å². The lowest BCUT2D eigenvalue weighted by Crippen LogP contribution is -2.54. The third kappa shape index (κ3) is 4.14. The predicted octanol–water partition coefficient (Wildman–Crippen LogP) is 4.22. The molecule has 0 saturated heterocycles. The van der Waals surface area contributed by atoms with Gasteiger partial charge in [0.1, 0.15) is 0 Å². The fourth-order valence-corrected chi connectivity index (χ4v) is 6.10. The van der Waals surface area contributed by atoms with Crippen LogP contribution >= 0.6 is 0 Å². The molecule has 4 aliphatic carbocycles. The van der Waals surface area contributed by atoms with E-state index >= 15 is 0 Å². The summed E-state index contributed by atoms with van der Waals surface area (Å²) in [6.45, 7) is 1.48. The number of nitrogens with one attached hydrogen (secondary N) is 2. The van der Waals surface area contributed by atoms with Crippen molar-refractivity contribution in [2.24, 2.45) is 23.2 Å². The number of hydrogen-bond acceptors (Lipinski definition) is 2. The molecule has 5 rings (SSSR count). The van der Waals surface area contributed by atoms with Crippen LogP contribution in [0.5, 0.6) is 0 Å². The molecule has 1 unspecified atom stereocenters. The van der Waals surface area contributed by atoms with Crippen LogP contribution in [-0.2, 0) is 15.8 Å². The zero-order valence-corrected chi connectivity index (χ0v) is 16.5. The van der Waals surface area contributed by atoms with Crippen LogP contribution in [0.15, 0.2) is 24.3 Å². The van der Waals surface area contributed by atoms with Crippen molar-refractivity contribution in [3.63, 3.8) is 0 Å². The van der Waals surface area contributed by atoms with Gasteiger partial charge in [-0.05, 0) is 80.9 Å². The highest BCUT2D eigenvalue weighted by Crippen LogP contribution is 2.60. The highest BCUT2D eigenvalue weighted by atomic mass is 19.4. The van der Waals surface area contributed by atoms with Gasteiger partial charge in [-0.2, -0.15) is 13.2 Å². The van der Waals surface area contributed by atoms with Gasteiger partial charge in [-0.25, -0.2) is 0 Å². The van der Waals surface area contributed by atoms with E-state index in [1.165, 1.54) is 25.3 Å². The first-order chi connectivity index (χ1) is 13.6. The third-order valence-corrected chi connectivity index (χ3v) is 7.02. The van der Waals surface area contributed by atoms with E-state index in [0.29, 0.717) is 23.3 Å². The Bertz CT molecular complexity index is 770.